The summed E-state index contributed by atoms with van der Waals surface area (Å²) in [5, 5.41) is 3.37. The Morgan fingerprint density at radius 1 is 1.11 bits per heavy atom. The van der Waals surface area contributed by atoms with Crippen molar-refractivity contribution in [3.63, 3.8) is 0 Å². The van der Waals surface area contributed by atoms with Gasteiger partial charge in [-0.25, -0.2) is 8.42 Å². The molecule has 0 unspecified atom stereocenters. The second-order valence-corrected chi connectivity index (χ2v) is 9.97. The molecule has 28 heavy (non-hydrogen) atoms. The number of rotatable bonds is 4. The Kier molecular flexibility index (Phi) is 7.90. The molecule has 0 spiro atoms. The Hall–Kier alpha value is -1.15. The normalized spacial score (nSPS) is 24.1. The second-order valence-electron chi connectivity index (χ2n) is 8.03. The van der Waals surface area contributed by atoms with Crippen molar-refractivity contribution in [1.29, 1.82) is 0 Å². The van der Waals surface area contributed by atoms with Crippen molar-refractivity contribution < 1.29 is 13.2 Å². The van der Waals surface area contributed by atoms with E-state index in [9.17, 15) is 13.2 Å². The lowest BCUT2D eigenvalue weighted by Crippen LogP contribution is -2.53. The number of carbonyl (C=O) groups excluding carboxylic acids is 1. The fourth-order valence-corrected chi connectivity index (χ4v) is 5.36. The van der Waals surface area contributed by atoms with Gasteiger partial charge in [-0.05, 0) is 49.9 Å². The van der Waals surface area contributed by atoms with Crippen LogP contribution in [0.15, 0.2) is 29.2 Å². The van der Waals surface area contributed by atoms with Crippen LogP contribution in [0.3, 0.4) is 0 Å². The van der Waals surface area contributed by atoms with Gasteiger partial charge >= 0.3 is 0 Å². The van der Waals surface area contributed by atoms with Crippen molar-refractivity contribution >= 4 is 28.3 Å². The number of carbonyl (C=O) groups is 1. The van der Waals surface area contributed by atoms with Crippen LogP contribution in [0.2, 0.25) is 0 Å². The molecule has 6 nitrogen and oxygen atoms in total. The summed E-state index contributed by atoms with van der Waals surface area (Å²) in [5.74, 6) is 0.615. The standard InChI is InChI=1S/C20H31N3O3S.ClH/c1-15(2)17-4-6-19(7-5-17)27(25,26)23-12-10-22(11-13-23)20(24)18-8-9-21-16(3)14-18;/h4-7,15-16,18,21H,8-14H2,1-3H3;1H/t16-,18-;/m0./s1. The minimum atomic E-state index is -3.50. The van der Waals surface area contributed by atoms with E-state index >= 15 is 0 Å². The summed E-state index contributed by atoms with van der Waals surface area (Å²) in [6.07, 6.45) is 1.73. The average molecular weight is 430 g/mol. The van der Waals surface area contributed by atoms with Crippen molar-refractivity contribution in [3.8, 4) is 0 Å². The summed E-state index contributed by atoms with van der Waals surface area (Å²) in [4.78, 5) is 14.9. The number of piperidine rings is 1. The van der Waals surface area contributed by atoms with Gasteiger partial charge in [0, 0.05) is 38.1 Å². The largest absolute Gasteiger partial charge is 0.340 e. The van der Waals surface area contributed by atoms with Gasteiger partial charge in [0.05, 0.1) is 4.90 Å². The Balaban J connectivity index is 0.00000280. The first-order valence-electron chi connectivity index (χ1n) is 9.91. The molecule has 1 N–H and O–H groups in total. The first kappa shape index (κ1) is 23.1. The lowest BCUT2D eigenvalue weighted by Gasteiger charge is -2.37. The van der Waals surface area contributed by atoms with Crippen molar-refractivity contribution in [2.24, 2.45) is 5.92 Å². The molecule has 0 radical (unpaired) electrons. The third kappa shape index (κ3) is 5.06. The van der Waals surface area contributed by atoms with Crippen molar-refractivity contribution in [2.45, 2.75) is 50.5 Å². The molecule has 2 heterocycles. The number of benzene rings is 1. The zero-order valence-corrected chi connectivity index (χ0v) is 18.6. The van der Waals surface area contributed by atoms with Gasteiger partial charge in [-0.3, -0.25) is 4.79 Å². The van der Waals surface area contributed by atoms with Crippen LogP contribution in [0.4, 0.5) is 0 Å². The van der Waals surface area contributed by atoms with E-state index < -0.39 is 10.0 Å². The van der Waals surface area contributed by atoms with E-state index in [1.165, 1.54) is 4.31 Å². The molecule has 8 heteroatoms. The van der Waals surface area contributed by atoms with Crippen LogP contribution in [0.5, 0.6) is 0 Å². The minimum Gasteiger partial charge on any atom is -0.340 e. The lowest BCUT2D eigenvalue weighted by atomic mass is 9.92. The van der Waals surface area contributed by atoms with Crippen LogP contribution in [-0.2, 0) is 14.8 Å². The Labute approximate surface area is 175 Å². The molecule has 1 amide bonds. The van der Waals surface area contributed by atoms with Gasteiger partial charge in [-0.2, -0.15) is 4.31 Å². The average Bonchev–Trinajstić information content (AvgIpc) is 2.67. The van der Waals surface area contributed by atoms with E-state index in [1.807, 2.05) is 17.0 Å². The maximum atomic E-state index is 12.9. The molecule has 0 bridgehead atoms. The fraction of sp³-hybridized carbons (Fsp3) is 0.650. The van der Waals surface area contributed by atoms with Crippen molar-refractivity contribution in [2.75, 3.05) is 32.7 Å². The molecule has 2 atom stereocenters. The smallest absolute Gasteiger partial charge is 0.243 e. The monoisotopic (exact) mass is 429 g/mol. The van der Waals surface area contributed by atoms with Crippen molar-refractivity contribution in [3.05, 3.63) is 29.8 Å². The SMILES string of the molecule is CC(C)c1ccc(S(=O)(=O)N2CCN(C(=O)[C@H]3CCN[C@@H](C)C3)CC2)cc1.Cl. The van der Waals surface area contributed by atoms with E-state index in [0.717, 1.165) is 24.9 Å². The summed E-state index contributed by atoms with van der Waals surface area (Å²) < 4.78 is 27.3. The molecule has 2 fully saturated rings. The van der Waals surface area contributed by atoms with Gasteiger partial charge < -0.3 is 10.2 Å². The van der Waals surface area contributed by atoms with Crippen LogP contribution in [0.1, 0.15) is 45.1 Å². The van der Waals surface area contributed by atoms with E-state index in [1.54, 1.807) is 12.1 Å². The topological polar surface area (TPSA) is 69.7 Å². The van der Waals surface area contributed by atoms with Crippen LogP contribution in [0.25, 0.3) is 0 Å². The molecule has 0 aliphatic carbocycles. The number of nitrogens with one attached hydrogen (secondary N) is 1. The molecular weight excluding hydrogens is 398 g/mol. The summed E-state index contributed by atoms with van der Waals surface area (Å²) in [5.41, 5.74) is 1.13. The summed E-state index contributed by atoms with van der Waals surface area (Å²) in [6, 6.07) is 7.52. The molecule has 2 saturated heterocycles. The van der Waals surface area contributed by atoms with Gasteiger partial charge in [0.2, 0.25) is 15.9 Å². The highest BCUT2D eigenvalue weighted by Gasteiger charge is 2.33. The van der Waals surface area contributed by atoms with Gasteiger partial charge in [-0.15, -0.1) is 12.4 Å². The lowest BCUT2D eigenvalue weighted by molar-refractivity contribution is -0.137. The highest BCUT2D eigenvalue weighted by molar-refractivity contribution is 7.89. The number of amides is 1. The summed E-state index contributed by atoms with van der Waals surface area (Å²) in [6.45, 7) is 8.82. The maximum Gasteiger partial charge on any atom is 0.243 e. The van der Waals surface area contributed by atoms with E-state index in [2.05, 4.69) is 26.1 Å². The number of hydrogen-bond donors (Lipinski definition) is 1. The number of nitrogens with zero attached hydrogens (tertiary/aromatic N) is 2. The zero-order chi connectivity index (χ0) is 19.6. The van der Waals surface area contributed by atoms with Gasteiger partial charge in [0.25, 0.3) is 0 Å². The summed E-state index contributed by atoms with van der Waals surface area (Å²) in [7, 11) is -3.50. The summed E-state index contributed by atoms with van der Waals surface area (Å²) >= 11 is 0. The van der Waals surface area contributed by atoms with Gasteiger partial charge in [0.15, 0.2) is 0 Å². The molecule has 1 aromatic carbocycles. The molecule has 3 rings (SSSR count). The zero-order valence-electron chi connectivity index (χ0n) is 16.9. The molecular formula is C20H32ClN3O3S. The predicted octanol–water partition coefficient (Wildman–Crippen LogP) is 2.45. The fourth-order valence-electron chi connectivity index (χ4n) is 3.94. The van der Waals surface area contributed by atoms with E-state index in [-0.39, 0.29) is 24.2 Å². The van der Waals surface area contributed by atoms with Crippen LogP contribution < -0.4 is 5.32 Å². The first-order valence-corrected chi connectivity index (χ1v) is 11.4. The first-order chi connectivity index (χ1) is 12.8. The molecule has 0 saturated carbocycles. The molecule has 0 aromatic heterocycles. The molecule has 158 valence electrons. The Morgan fingerprint density at radius 2 is 1.71 bits per heavy atom. The Morgan fingerprint density at radius 3 is 2.25 bits per heavy atom. The third-order valence-electron chi connectivity index (χ3n) is 5.71. The van der Waals surface area contributed by atoms with Gasteiger partial charge in [0.1, 0.15) is 0 Å². The molecule has 1 aromatic rings. The Bertz CT molecular complexity index is 759. The third-order valence-corrected chi connectivity index (χ3v) is 7.62. The van der Waals surface area contributed by atoms with Crippen LogP contribution in [-0.4, -0.2) is 62.3 Å². The van der Waals surface area contributed by atoms with Crippen LogP contribution in [0, 0.1) is 5.92 Å². The highest BCUT2D eigenvalue weighted by atomic mass is 35.5. The van der Waals surface area contributed by atoms with Crippen LogP contribution >= 0.6 is 12.4 Å². The molecule has 2 aliphatic rings. The van der Waals surface area contributed by atoms with Crippen molar-refractivity contribution in [1.82, 2.24) is 14.5 Å². The second kappa shape index (κ2) is 9.57. The quantitative estimate of drug-likeness (QED) is 0.798. The number of halogens is 1. The predicted molar refractivity (Wildman–Crippen MR) is 113 cm³/mol. The minimum absolute atomic E-state index is 0. The number of hydrogen-bond acceptors (Lipinski definition) is 4. The number of sulfonamides is 1. The van der Waals surface area contributed by atoms with E-state index in [0.29, 0.717) is 43.0 Å². The highest BCUT2D eigenvalue weighted by Crippen LogP contribution is 2.23. The van der Waals surface area contributed by atoms with E-state index in [4.69, 9.17) is 0 Å². The maximum absolute atomic E-state index is 12.9. The van der Waals surface area contributed by atoms with Gasteiger partial charge in [-0.1, -0.05) is 26.0 Å². The molecule has 2 aliphatic heterocycles. The number of piperazine rings is 1.